The summed E-state index contributed by atoms with van der Waals surface area (Å²) in [6, 6.07) is 7.08. The van der Waals surface area contributed by atoms with Crippen molar-refractivity contribution in [3.8, 4) is 0 Å². The number of rotatable bonds is 7. The lowest BCUT2D eigenvalue weighted by molar-refractivity contribution is -0.142. The lowest BCUT2D eigenvalue weighted by atomic mass is 10.0. The molecule has 110 valence electrons. The van der Waals surface area contributed by atoms with E-state index in [-0.39, 0.29) is 18.2 Å². The zero-order chi connectivity index (χ0) is 15.2. The third-order valence-corrected chi connectivity index (χ3v) is 3.65. The normalized spacial score (nSPS) is 13.6. The van der Waals surface area contributed by atoms with Gasteiger partial charge in [-0.15, -0.1) is 11.8 Å². The van der Waals surface area contributed by atoms with Crippen molar-refractivity contribution >= 4 is 35.2 Å². The van der Waals surface area contributed by atoms with Crippen LogP contribution in [0.25, 0.3) is 0 Å². The molecule has 0 aliphatic rings. The fourth-order valence-corrected chi connectivity index (χ4v) is 2.26. The highest BCUT2D eigenvalue weighted by molar-refractivity contribution is 8.00. The molecule has 0 fully saturated rings. The number of carboxylic acids is 1. The zero-order valence-corrected chi connectivity index (χ0v) is 12.5. The average molecular weight is 318 g/mol. The second-order valence-electron chi connectivity index (χ2n) is 4.59. The molecule has 0 heterocycles. The minimum Gasteiger partial charge on any atom is -0.481 e. The van der Waals surface area contributed by atoms with Gasteiger partial charge in [0, 0.05) is 16.5 Å². The van der Waals surface area contributed by atoms with Gasteiger partial charge in [0.2, 0.25) is 5.91 Å². The van der Waals surface area contributed by atoms with E-state index in [1.54, 1.807) is 24.3 Å². The van der Waals surface area contributed by atoms with Crippen LogP contribution in [0, 0.1) is 0 Å². The van der Waals surface area contributed by atoms with Crippen molar-refractivity contribution in [2.24, 2.45) is 0 Å². The summed E-state index contributed by atoms with van der Waals surface area (Å²) in [6.45, 7) is 1.27. The van der Waals surface area contributed by atoms with Gasteiger partial charge in [-0.3, -0.25) is 9.59 Å². The number of thioether (sulfide) groups is 1. The Morgan fingerprint density at radius 1 is 1.35 bits per heavy atom. The SMILES string of the molecule is CC(O)(CNC(=O)CSc1ccc(Cl)cc1)CC(=O)O. The Hall–Kier alpha value is -1.24. The molecule has 0 radical (unpaired) electrons. The molecule has 1 amide bonds. The number of carbonyl (C=O) groups is 2. The number of hydrogen-bond donors (Lipinski definition) is 3. The molecule has 0 spiro atoms. The van der Waals surface area contributed by atoms with Crippen LogP contribution < -0.4 is 5.32 Å². The average Bonchev–Trinajstić information content (AvgIpc) is 2.34. The molecule has 0 aliphatic carbocycles. The van der Waals surface area contributed by atoms with E-state index in [9.17, 15) is 14.7 Å². The van der Waals surface area contributed by atoms with Crippen LogP contribution >= 0.6 is 23.4 Å². The predicted molar refractivity (Wildman–Crippen MR) is 78.1 cm³/mol. The first-order chi connectivity index (χ1) is 9.28. The second kappa shape index (κ2) is 7.52. The van der Waals surface area contributed by atoms with Crippen molar-refractivity contribution in [1.29, 1.82) is 0 Å². The summed E-state index contributed by atoms with van der Waals surface area (Å²) >= 11 is 7.08. The van der Waals surface area contributed by atoms with Gasteiger partial charge >= 0.3 is 5.97 Å². The van der Waals surface area contributed by atoms with E-state index in [0.29, 0.717) is 5.02 Å². The van der Waals surface area contributed by atoms with Crippen molar-refractivity contribution in [1.82, 2.24) is 5.32 Å². The van der Waals surface area contributed by atoms with E-state index in [0.717, 1.165) is 4.90 Å². The Morgan fingerprint density at radius 3 is 2.50 bits per heavy atom. The van der Waals surface area contributed by atoms with Crippen molar-refractivity contribution in [2.45, 2.75) is 23.8 Å². The summed E-state index contributed by atoms with van der Waals surface area (Å²) in [5, 5.41) is 21.5. The number of hydrogen-bond acceptors (Lipinski definition) is 4. The van der Waals surface area contributed by atoms with Crippen LogP contribution in [0.3, 0.4) is 0 Å². The topological polar surface area (TPSA) is 86.6 Å². The Bertz CT molecular complexity index is 476. The van der Waals surface area contributed by atoms with Crippen LogP contribution in [0.15, 0.2) is 29.2 Å². The number of benzene rings is 1. The number of amides is 1. The fourth-order valence-electron chi connectivity index (χ4n) is 1.41. The van der Waals surface area contributed by atoms with Crippen LogP contribution in [-0.4, -0.2) is 40.0 Å². The molecule has 0 saturated carbocycles. The molecule has 1 aromatic carbocycles. The smallest absolute Gasteiger partial charge is 0.306 e. The van der Waals surface area contributed by atoms with Crippen molar-refractivity contribution < 1.29 is 19.8 Å². The summed E-state index contributed by atoms with van der Waals surface area (Å²) in [7, 11) is 0. The van der Waals surface area contributed by atoms with Crippen LogP contribution in [0.5, 0.6) is 0 Å². The number of carbonyl (C=O) groups excluding carboxylic acids is 1. The molecule has 1 rings (SSSR count). The maximum atomic E-state index is 11.6. The Balaban J connectivity index is 2.33. The molecule has 3 N–H and O–H groups in total. The van der Waals surface area contributed by atoms with Crippen molar-refractivity contribution in [2.75, 3.05) is 12.3 Å². The summed E-state index contributed by atoms with van der Waals surface area (Å²) in [5.74, 6) is -1.19. The van der Waals surface area contributed by atoms with Gasteiger partial charge in [0.1, 0.15) is 0 Å². The molecule has 20 heavy (non-hydrogen) atoms. The van der Waals surface area contributed by atoms with E-state index in [4.69, 9.17) is 16.7 Å². The zero-order valence-electron chi connectivity index (χ0n) is 10.9. The molecule has 0 bridgehead atoms. The van der Waals surface area contributed by atoms with Gasteiger partial charge in [-0.1, -0.05) is 11.6 Å². The summed E-state index contributed by atoms with van der Waals surface area (Å²) in [5.41, 5.74) is -1.45. The highest BCUT2D eigenvalue weighted by Gasteiger charge is 2.24. The second-order valence-corrected chi connectivity index (χ2v) is 6.07. The molecule has 0 aliphatic heterocycles. The maximum absolute atomic E-state index is 11.6. The van der Waals surface area contributed by atoms with E-state index < -0.39 is 18.0 Å². The van der Waals surface area contributed by atoms with Gasteiger partial charge in [-0.25, -0.2) is 0 Å². The number of halogens is 1. The van der Waals surface area contributed by atoms with Gasteiger partial charge in [0.15, 0.2) is 0 Å². The molecule has 1 unspecified atom stereocenters. The lowest BCUT2D eigenvalue weighted by Gasteiger charge is -2.21. The minimum atomic E-state index is -1.45. The molecule has 5 nitrogen and oxygen atoms in total. The third-order valence-electron chi connectivity index (χ3n) is 2.38. The van der Waals surface area contributed by atoms with Crippen molar-refractivity contribution in [3.05, 3.63) is 29.3 Å². The van der Waals surface area contributed by atoms with Gasteiger partial charge in [0.25, 0.3) is 0 Å². The molecule has 1 atom stereocenters. The van der Waals surface area contributed by atoms with Crippen LogP contribution in [0.1, 0.15) is 13.3 Å². The lowest BCUT2D eigenvalue weighted by Crippen LogP contribution is -2.42. The van der Waals surface area contributed by atoms with E-state index in [1.165, 1.54) is 18.7 Å². The van der Waals surface area contributed by atoms with E-state index in [1.807, 2.05) is 0 Å². The Labute approximate surface area is 126 Å². The highest BCUT2D eigenvalue weighted by Crippen LogP contribution is 2.20. The first kappa shape index (κ1) is 16.8. The summed E-state index contributed by atoms with van der Waals surface area (Å²) in [6.07, 6.45) is -0.419. The van der Waals surface area contributed by atoms with Gasteiger partial charge in [-0.2, -0.15) is 0 Å². The van der Waals surface area contributed by atoms with E-state index >= 15 is 0 Å². The number of aliphatic hydroxyl groups is 1. The maximum Gasteiger partial charge on any atom is 0.306 e. The summed E-state index contributed by atoms with van der Waals surface area (Å²) in [4.78, 5) is 23.0. The highest BCUT2D eigenvalue weighted by atomic mass is 35.5. The Morgan fingerprint density at radius 2 is 1.95 bits per heavy atom. The fraction of sp³-hybridized carbons (Fsp3) is 0.385. The number of aliphatic carboxylic acids is 1. The predicted octanol–water partition coefficient (Wildman–Crippen LogP) is 1.77. The number of carboxylic acid groups (broad SMARTS) is 1. The largest absolute Gasteiger partial charge is 0.481 e. The Kier molecular flexibility index (Phi) is 6.32. The standard InChI is InChI=1S/C13H16ClNO4S/c1-13(19,6-12(17)18)8-15-11(16)7-20-10-4-2-9(14)3-5-10/h2-5,19H,6-8H2,1H3,(H,15,16)(H,17,18). The first-order valence-electron chi connectivity index (χ1n) is 5.88. The quantitative estimate of drug-likeness (QED) is 0.667. The minimum absolute atomic E-state index is 0.0979. The molecule has 0 saturated heterocycles. The van der Waals surface area contributed by atoms with Gasteiger partial charge in [-0.05, 0) is 31.2 Å². The molecular weight excluding hydrogens is 302 g/mol. The van der Waals surface area contributed by atoms with E-state index in [2.05, 4.69) is 5.32 Å². The van der Waals surface area contributed by atoms with Crippen LogP contribution in [0.2, 0.25) is 5.02 Å². The van der Waals surface area contributed by atoms with Crippen molar-refractivity contribution in [3.63, 3.8) is 0 Å². The molecule has 0 aromatic heterocycles. The van der Waals surface area contributed by atoms with Crippen LogP contribution in [-0.2, 0) is 9.59 Å². The summed E-state index contributed by atoms with van der Waals surface area (Å²) < 4.78 is 0. The molecule has 1 aromatic rings. The monoisotopic (exact) mass is 317 g/mol. The van der Waals surface area contributed by atoms with Crippen LogP contribution in [0.4, 0.5) is 0 Å². The third kappa shape index (κ3) is 6.79. The van der Waals surface area contributed by atoms with Gasteiger partial charge in [0.05, 0.1) is 17.8 Å². The molecular formula is C13H16ClNO4S. The molecule has 7 heteroatoms. The van der Waals surface area contributed by atoms with Gasteiger partial charge < -0.3 is 15.5 Å². The first-order valence-corrected chi connectivity index (χ1v) is 7.24. The number of nitrogens with one attached hydrogen (secondary N) is 1.